The van der Waals surface area contributed by atoms with Crippen LogP contribution >= 0.6 is 22.9 Å². The minimum Gasteiger partial charge on any atom is -0.375 e. The molecule has 1 fully saturated rings. The number of aromatic nitrogens is 2. The van der Waals surface area contributed by atoms with Crippen molar-refractivity contribution in [3.63, 3.8) is 0 Å². The van der Waals surface area contributed by atoms with Gasteiger partial charge in [0.25, 0.3) is 0 Å². The van der Waals surface area contributed by atoms with Crippen molar-refractivity contribution < 1.29 is 0 Å². The monoisotopic (exact) mass is 315 g/mol. The molecule has 0 spiro atoms. The van der Waals surface area contributed by atoms with E-state index in [1.54, 1.807) is 11.3 Å². The van der Waals surface area contributed by atoms with E-state index in [-0.39, 0.29) is 0 Å². The molecule has 0 bridgehead atoms. The summed E-state index contributed by atoms with van der Waals surface area (Å²) in [7, 11) is 0. The minimum atomic E-state index is 0.611. The van der Waals surface area contributed by atoms with Crippen molar-refractivity contribution in [2.75, 3.05) is 5.73 Å². The Morgan fingerprint density at radius 1 is 1.29 bits per heavy atom. The van der Waals surface area contributed by atoms with Crippen LogP contribution in [-0.2, 0) is 6.42 Å². The van der Waals surface area contributed by atoms with E-state index in [4.69, 9.17) is 17.3 Å². The Labute approximate surface area is 131 Å². The van der Waals surface area contributed by atoms with Gasteiger partial charge in [0.05, 0.1) is 11.2 Å². The summed E-state index contributed by atoms with van der Waals surface area (Å²) in [6.45, 7) is 0. The Bertz CT molecular complexity index is 824. The number of halogens is 1. The van der Waals surface area contributed by atoms with Gasteiger partial charge in [-0.1, -0.05) is 17.7 Å². The highest BCUT2D eigenvalue weighted by Crippen LogP contribution is 2.44. The fraction of sp³-hybridized carbons (Fsp3) is 0.250. The first kappa shape index (κ1) is 13.0. The van der Waals surface area contributed by atoms with Crippen LogP contribution in [0.3, 0.4) is 0 Å². The highest BCUT2D eigenvalue weighted by Gasteiger charge is 2.29. The number of hydrogen-bond donors (Lipinski definition) is 1. The van der Waals surface area contributed by atoms with E-state index in [2.05, 4.69) is 16.0 Å². The number of nitrogens with zero attached hydrogens (tertiary/aromatic N) is 2. The molecule has 4 rings (SSSR count). The van der Waals surface area contributed by atoms with E-state index in [0.717, 1.165) is 22.3 Å². The number of anilines is 1. The van der Waals surface area contributed by atoms with Crippen molar-refractivity contribution in [1.82, 2.24) is 9.97 Å². The Morgan fingerprint density at radius 2 is 2.14 bits per heavy atom. The third kappa shape index (κ3) is 2.39. The summed E-state index contributed by atoms with van der Waals surface area (Å²) in [5.41, 5.74) is 9.25. The smallest absolute Gasteiger partial charge is 0.180 e. The van der Waals surface area contributed by atoms with Crippen LogP contribution in [0.2, 0.25) is 5.02 Å². The molecule has 0 aliphatic heterocycles. The van der Waals surface area contributed by atoms with Crippen LogP contribution in [0.5, 0.6) is 0 Å². The van der Waals surface area contributed by atoms with Gasteiger partial charge >= 0.3 is 0 Å². The Balaban J connectivity index is 1.80. The van der Waals surface area contributed by atoms with Gasteiger partial charge in [0.2, 0.25) is 0 Å². The average molecular weight is 316 g/mol. The zero-order valence-corrected chi connectivity index (χ0v) is 12.9. The summed E-state index contributed by atoms with van der Waals surface area (Å²) in [5, 5.41) is 2.41. The van der Waals surface area contributed by atoms with Crippen molar-refractivity contribution in [2.45, 2.75) is 25.2 Å². The van der Waals surface area contributed by atoms with Gasteiger partial charge in [0.15, 0.2) is 5.13 Å². The Kier molecular flexibility index (Phi) is 3.08. The van der Waals surface area contributed by atoms with Crippen molar-refractivity contribution in [1.29, 1.82) is 0 Å². The van der Waals surface area contributed by atoms with Gasteiger partial charge in [-0.05, 0) is 36.6 Å². The van der Waals surface area contributed by atoms with Crippen LogP contribution in [0.4, 0.5) is 5.13 Å². The molecule has 2 heterocycles. The first-order chi connectivity index (χ1) is 10.2. The van der Waals surface area contributed by atoms with E-state index < -0.39 is 0 Å². The Morgan fingerprint density at radius 3 is 2.95 bits per heavy atom. The summed E-state index contributed by atoms with van der Waals surface area (Å²) in [6.07, 6.45) is 5.10. The Hall–Kier alpha value is -1.65. The fourth-order valence-electron chi connectivity index (χ4n) is 2.70. The lowest BCUT2D eigenvalue weighted by atomic mass is 10.0. The molecule has 2 N–H and O–H groups in total. The highest BCUT2D eigenvalue weighted by atomic mass is 35.5. The number of nitrogens with two attached hydrogens (primary N) is 1. The lowest BCUT2D eigenvalue weighted by molar-refractivity contribution is 1.01. The van der Waals surface area contributed by atoms with Crippen LogP contribution in [0, 0.1) is 0 Å². The molecular formula is C16H14ClN3S. The quantitative estimate of drug-likeness (QED) is 0.779. The second-order valence-electron chi connectivity index (χ2n) is 5.42. The summed E-state index contributed by atoms with van der Waals surface area (Å²) in [4.78, 5) is 10.3. The maximum atomic E-state index is 6.26. The SMILES string of the molecule is Nc1nc(C2CC2)c(Cc2ccc(Cl)c3cccnc23)s1. The molecule has 1 aliphatic rings. The number of hydrogen-bond acceptors (Lipinski definition) is 4. The van der Waals surface area contributed by atoms with E-state index in [1.165, 1.54) is 29.0 Å². The average Bonchev–Trinajstić information content (AvgIpc) is 3.26. The van der Waals surface area contributed by atoms with Gasteiger partial charge in [-0.2, -0.15) is 0 Å². The second-order valence-corrected chi connectivity index (χ2v) is 6.94. The number of pyridine rings is 1. The molecule has 0 amide bonds. The molecule has 0 saturated heterocycles. The van der Waals surface area contributed by atoms with Crippen LogP contribution < -0.4 is 5.73 Å². The maximum Gasteiger partial charge on any atom is 0.180 e. The van der Waals surface area contributed by atoms with Gasteiger partial charge in [0.1, 0.15) is 0 Å². The van der Waals surface area contributed by atoms with Crippen molar-refractivity contribution in [2.24, 2.45) is 0 Å². The first-order valence-electron chi connectivity index (χ1n) is 6.99. The number of thiazole rings is 1. The van der Waals surface area contributed by atoms with Gasteiger partial charge < -0.3 is 5.73 Å². The number of fused-ring (bicyclic) bond motifs is 1. The molecule has 0 atom stereocenters. The molecule has 0 radical (unpaired) electrons. The lowest BCUT2D eigenvalue weighted by Crippen LogP contribution is -1.94. The molecule has 0 unspecified atom stereocenters. The first-order valence-corrected chi connectivity index (χ1v) is 8.19. The predicted molar refractivity (Wildman–Crippen MR) is 88.1 cm³/mol. The van der Waals surface area contributed by atoms with E-state index >= 15 is 0 Å². The molecule has 2 aromatic heterocycles. The van der Waals surface area contributed by atoms with Gasteiger partial charge in [-0.15, -0.1) is 11.3 Å². The predicted octanol–water partition coefficient (Wildman–Crippen LogP) is 4.40. The van der Waals surface area contributed by atoms with Crippen molar-refractivity contribution >= 4 is 39.0 Å². The minimum absolute atomic E-state index is 0.611. The molecular weight excluding hydrogens is 302 g/mol. The van der Waals surface area contributed by atoms with Gasteiger partial charge in [-0.25, -0.2) is 4.98 Å². The van der Waals surface area contributed by atoms with Crippen molar-refractivity contribution in [3.05, 3.63) is 51.6 Å². The third-order valence-corrected chi connectivity index (χ3v) is 5.09. The van der Waals surface area contributed by atoms with E-state index in [0.29, 0.717) is 11.0 Å². The number of benzene rings is 1. The van der Waals surface area contributed by atoms with Crippen LogP contribution in [0.1, 0.15) is 34.9 Å². The van der Waals surface area contributed by atoms with Crippen LogP contribution in [-0.4, -0.2) is 9.97 Å². The molecule has 106 valence electrons. The van der Waals surface area contributed by atoms with Gasteiger partial charge in [-0.3, -0.25) is 4.98 Å². The van der Waals surface area contributed by atoms with E-state index in [9.17, 15) is 0 Å². The summed E-state index contributed by atoms with van der Waals surface area (Å²) in [6, 6.07) is 7.93. The van der Waals surface area contributed by atoms with E-state index in [1.807, 2.05) is 24.4 Å². The zero-order chi connectivity index (χ0) is 14.4. The second kappa shape index (κ2) is 4.97. The molecule has 3 aromatic rings. The molecule has 3 nitrogen and oxygen atoms in total. The lowest BCUT2D eigenvalue weighted by Gasteiger charge is -2.07. The molecule has 21 heavy (non-hydrogen) atoms. The molecule has 5 heteroatoms. The molecule has 1 aromatic carbocycles. The molecule has 1 saturated carbocycles. The van der Waals surface area contributed by atoms with Crippen molar-refractivity contribution in [3.8, 4) is 0 Å². The van der Waals surface area contributed by atoms with Gasteiger partial charge in [0, 0.05) is 33.8 Å². The topological polar surface area (TPSA) is 51.8 Å². The summed E-state index contributed by atoms with van der Waals surface area (Å²) >= 11 is 7.85. The number of nitrogen functional groups attached to an aromatic ring is 1. The maximum absolute atomic E-state index is 6.26. The molecule has 1 aliphatic carbocycles. The fourth-order valence-corrected chi connectivity index (χ4v) is 3.85. The standard InChI is InChI=1S/C16H14ClN3S/c17-12-6-5-10(14-11(12)2-1-7-19-14)8-13-15(9-3-4-9)20-16(18)21-13/h1-2,5-7,9H,3-4,8H2,(H2,18,20). The zero-order valence-electron chi connectivity index (χ0n) is 11.3. The third-order valence-electron chi connectivity index (χ3n) is 3.86. The largest absolute Gasteiger partial charge is 0.375 e. The van der Waals surface area contributed by atoms with Crippen LogP contribution in [0.15, 0.2) is 30.5 Å². The summed E-state index contributed by atoms with van der Waals surface area (Å²) in [5.74, 6) is 0.611. The number of rotatable bonds is 3. The summed E-state index contributed by atoms with van der Waals surface area (Å²) < 4.78 is 0. The van der Waals surface area contributed by atoms with Crippen LogP contribution in [0.25, 0.3) is 10.9 Å². The highest BCUT2D eigenvalue weighted by molar-refractivity contribution is 7.15. The normalized spacial score (nSPS) is 14.7.